The minimum Gasteiger partial charge on any atom is -0.351 e. The molecule has 0 aliphatic rings. The van der Waals surface area contributed by atoms with Crippen LogP contribution in [0.15, 0.2) is 0 Å². The highest BCUT2D eigenvalue weighted by atomic mass is 16.2. The molecule has 0 radical (unpaired) electrons. The summed E-state index contributed by atoms with van der Waals surface area (Å²) >= 11 is 0. The lowest BCUT2D eigenvalue weighted by Crippen LogP contribution is -2.51. The van der Waals surface area contributed by atoms with E-state index in [2.05, 4.69) is 10.6 Å². The molecule has 0 aromatic rings. The quantitative estimate of drug-likeness (QED) is 0.820. The molecule has 0 aromatic heterocycles. The van der Waals surface area contributed by atoms with Gasteiger partial charge in [0.05, 0.1) is 6.04 Å². The Labute approximate surface area is 130 Å². The lowest BCUT2D eigenvalue weighted by Gasteiger charge is -2.30. The third-order valence-electron chi connectivity index (χ3n) is 2.60. The molecule has 2 N–H and O–H groups in total. The Morgan fingerprint density at radius 2 is 1.33 bits per heavy atom. The van der Waals surface area contributed by atoms with Crippen molar-refractivity contribution in [3.8, 4) is 0 Å². The molecule has 0 bridgehead atoms. The van der Waals surface area contributed by atoms with E-state index in [1.807, 2.05) is 62.3 Å². The monoisotopic (exact) mass is 298 g/mol. The van der Waals surface area contributed by atoms with Gasteiger partial charge in [-0.25, -0.2) is 0 Å². The number of carbonyl (C=O) groups excluding carboxylic acids is 2. The van der Waals surface area contributed by atoms with Crippen molar-refractivity contribution in [1.82, 2.24) is 10.6 Å². The minimum absolute atomic E-state index is 0.0740. The van der Waals surface area contributed by atoms with E-state index in [1.54, 1.807) is 0 Å². The summed E-state index contributed by atoms with van der Waals surface area (Å²) in [5, 5.41) is 6.21. The van der Waals surface area contributed by atoms with Gasteiger partial charge in [-0.2, -0.15) is 0 Å². The van der Waals surface area contributed by atoms with E-state index < -0.39 is 6.04 Å². The number of ketones is 1. The van der Waals surface area contributed by atoms with Crippen LogP contribution in [0.1, 0.15) is 75.2 Å². The molecule has 0 saturated heterocycles. The molecule has 124 valence electrons. The molecule has 1 unspecified atom stereocenters. The van der Waals surface area contributed by atoms with Crippen LogP contribution in [0.4, 0.5) is 0 Å². The van der Waals surface area contributed by atoms with Crippen LogP contribution in [0.2, 0.25) is 0 Å². The maximum atomic E-state index is 12.5. The zero-order valence-electron chi connectivity index (χ0n) is 15.3. The van der Waals surface area contributed by atoms with Crippen LogP contribution in [-0.4, -0.2) is 28.8 Å². The van der Waals surface area contributed by atoms with Gasteiger partial charge in [-0.05, 0) is 47.0 Å². The largest absolute Gasteiger partial charge is 0.351 e. The summed E-state index contributed by atoms with van der Waals surface area (Å²) < 4.78 is 0. The molecule has 0 aromatic carbocycles. The molecule has 1 amide bonds. The SMILES string of the molecule is CC(C)(C)CC(=O)C(CC(=O)NC(C)(C)C)NC(C)(C)C. The van der Waals surface area contributed by atoms with Crippen molar-refractivity contribution >= 4 is 11.7 Å². The van der Waals surface area contributed by atoms with Crippen LogP contribution in [0, 0.1) is 5.41 Å². The van der Waals surface area contributed by atoms with Gasteiger partial charge in [-0.3, -0.25) is 9.59 Å². The first-order valence-electron chi connectivity index (χ1n) is 7.70. The number of hydrogen-bond acceptors (Lipinski definition) is 3. The summed E-state index contributed by atoms with van der Waals surface area (Å²) in [5.74, 6) is 0.00740. The second-order valence-corrected chi connectivity index (χ2v) is 9.15. The highest BCUT2D eigenvalue weighted by molar-refractivity contribution is 5.90. The number of carbonyl (C=O) groups is 2. The second kappa shape index (κ2) is 6.91. The lowest BCUT2D eigenvalue weighted by atomic mass is 9.86. The first kappa shape index (κ1) is 20.1. The third-order valence-corrected chi connectivity index (χ3v) is 2.60. The van der Waals surface area contributed by atoms with E-state index in [1.165, 1.54) is 0 Å². The van der Waals surface area contributed by atoms with Gasteiger partial charge in [0.1, 0.15) is 0 Å². The zero-order valence-corrected chi connectivity index (χ0v) is 15.3. The van der Waals surface area contributed by atoms with E-state index in [-0.39, 0.29) is 34.6 Å². The Bertz CT molecular complexity index is 368. The van der Waals surface area contributed by atoms with E-state index in [9.17, 15) is 9.59 Å². The van der Waals surface area contributed by atoms with E-state index in [4.69, 9.17) is 0 Å². The van der Waals surface area contributed by atoms with Crippen LogP contribution < -0.4 is 10.6 Å². The molecule has 1 atom stereocenters. The van der Waals surface area contributed by atoms with Gasteiger partial charge in [0.25, 0.3) is 0 Å². The highest BCUT2D eigenvalue weighted by Gasteiger charge is 2.29. The van der Waals surface area contributed by atoms with Crippen LogP contribution in [0.3, 0.4) is 0 Å². The van der Waals surface area contributed by atoms with Gasteiger partial charge in [0, 0.05) is 23.9 Å². The molecule has 21 heavy (non-hydrogen) atoms. The van der Waals surface area contributed by atoms with Crippen molar-refractivity contribution in [3.63, 3.8) is 0 Å². The van der Waals surface area contributed by atoms with Gasteiger partial charge in [-0.1, -0.05) is 20.8 Å². The van der Waals surface area contributed by atoms with Gasteiger partial charge >= 0.3 is 0 Å². The Morgan fingerprint density at radius 3 is 1.67 bits per heavy atom. The number of amides is 1. The fourth-order valence-electron chi connectivity index (χ4n) is 2.07. The maximum absolute atomic E-state index is 12.5. The molecular formula is C17H34N2O2. The first-order valence-corrected chi connectivity index (χ1v) is 7.70. The Hall–Kier alpha value is -0.900. The molecular weight excluding hydrogens is 264 g/mol. The summed E-state index contributed by atoms with van der Waals surface area (Å²) in [7, 11) is 0. The lowest BCUT2D eigenvalue weighted by molar-refractivity contribution is -0.129. The smallest absolute Gasteiger partial charge is 0.222 e. The Kier molecular flexibility index (Phi) is 6.61. The van der Waals surface area contributed by atoms with Crippen molar-refractivity contribution in [3.05, 3.63) is 0 Å². The van der Waals surface area contributed by atoms with Crippen molar-refractivity contribution in [2.24, 2.45) is 5.41 Å². The normalized spacial score (nSPS) is 14.7. The van der Waals surface area contributed by atoms with E-state index in [0.717, 1.165) is 0 Å². The van der Waals surface area contributed by atoms with E-state index >= 15 is 0 Å². The number of Topliss-reactive ketones (excluding diaryl/α,β-unsaturated/α-hetero) is 1. The topological polar surface area (TPSA) is 58.2 Å². The summed E-state index contributed by atoms with van der Waals surface area (Å²) in [6, 6.07) is -0.438. The van der Waals surface area contributed by atoms with Crippen LogP contribution in [-0.2, 0) is 9.59 Å². The Balaban J connectivity index is 4.91. The molecule has 4 heteroatoms. The fraction of sp³-hybridized carbons (Fsp3) is 0.882. The first-order chi connectivity index (χ1) is 9.09. The predicted octanol–water partition coefficient (Wildman–Crippen LogP) is 3.05. The van der Waals surface area contributed by atoms with Crippen LogP contribution in [0.5, 0.6) is 0 Å². The van der Waals surface area contributed by atoms with E-state index in [0.29, 0.717) is 6.42 Å². The fourth-order valence-corrected chi connectivity index (χ4v) is 2.07. The standard InChI is InChI=1S/C17H34N2O2/c1-15(2,3)11-13(20)12(18-16(4,5)6)10-14(21)19-17(7,8)9/h12,18H,10-11H2,1-9H3,(H,19,21). The van der Waals surface area contributed by atoms with Gasteiger partial charge < -0.3 is 10.6 Å². The molecule has 0 heterocycles. The molecule has 0 aliphatic carbocycles. The average Bonchev–Trinajstić information content (AvgIpc) is 2.07. The van der Waals surface area contributed by atoms with Gasteiger partial charge in [0.15, 0.2) is 5.78 Å². The zero-order chi connectivity index (χ0) is 17.1. The average molecular weight is 298 g/mol. The molecule has 4 nitrogen and oxygen atoms in total. The van der Waals surface area contributed by atoms with Crippen LogP contribution in [0.25, 0.3) is 0 Å². The third kappa shape index (κ3) is 11.4. The number of nitrogens with one attached hydrogen (secondary N) is 2. The number of hydrogen-bond donors (Lipinski definition) is 2. The number of rotatable bonds is 5. The van der Waals surface area contributed by atoms with Crippen molar-refractivity contribution in [2.75, 3.05) is 0 Å². The van der Waals surface area contributed by atoms with Crippen molar-refractivity contribution in [2.45, 2.75) is 92.3 Å². The molecule has 0 fully saturated rings. The summed E-state index contributed by atoms with van der Waals surface area (Å²) in [4.78, 5) is 24.6. The highest BCUT2D eigenvalue weighted by Crippen LogP contribution is 2.21. The summed E-state index contributed by atoms with van der Waals surface area (Å²) in [6.45, 7) is 17.9. The maximum Gasteiger partial charge on any atom is 0.222 e. The molecule has 0 aliphatic heterocycles. The minimum atomic E-state index is -0.438. The van der Waals surface area contributed by atoms with Crippen molar-refractivity contribution < 1.29 is 9.59 Å². The van der Waals surface area contributed by atoms with Gasteiger partial charge in [0.2, 0.25) is 5.91 Å². The second-order valence-electron chi connectivity index (χ2n) is 9.15. The van der Waals surface area contributed by atoms with Crippen LogP contribution >= 0.6 is 0 Å². The molecule has 0 saturated carbocycles. The Morgan fingerprint density at radius 1 is 0.857 bits per heavy atom. The molecule has 0 spiro atoms. The predicted molar refractivity (Wildman–Crippen MR) is 88.3 cm³/mol. The van der Waals surface area contributed by atoms with Gasteiger partial charge in [-0.15, -0.1) is 0 Å². The van der Waals surface area contributed by atoms with Crippen molar-refractivity contribution in [1.29, 1.82) is 0 Å². The molecule has 0 rings (SSSR count). The summed E-state index contributed by atoms with van der Waals surface area (Å²) in [5.41, 5.74) is -0.563. The summed E-state index contributed by atoms with van der Waals surface area (Å²) in [6.07, 6.45) is 0.646.